The molecule has 2 N–H and O–H groups in total. The Balaban J connectivity index is 2.86. The first-order valence-corrected chi connectivity index (χ1v) is 7.75. The summed E-state index contributed by atoms with van der Waals surface area (Å²) in [6.07, 6.45) is 0.199. The molecule has 0 bridgehead atoms. The van der Waals surface area contributed by atoms with Crippen LogP contribution in [0.1, 0.15) is 33.6 Å². The molecule has 0 radical (unpaired) electrons. The molecule has 3 atom stereocenters. The third-order valence-corrected chi connectivity index (χ3v) is 3.43. The molecule has 8 heteroatoms. The first kappa shape index (κ1) is 20.0. The minimum Gasteiger partial charge on any atom is -0.467 e. The summed E-state index contributed by atoms with van der Waals surface area (Å²) in [6, 6.07) is -1.81. The average Bonchev–Trinajstić information content (AvgIpc) is 2.85. The summed E-state index contributed by atoms with van der Waals surface area (Å²) < 4.78 is 9.82. The summed E-state index contributed by atoms with van der Waals surface area (Å²) in [5.41, 5.74) is -0.704. The zero-order chi connectivity index (χ0) is 18.5. The molecule has 8 nitrogen and oxygen atoms in total. The van der Waals surface area contributed by atoms with Crippen LogP contribution in [0.3, 0.4) is 0 Å². The number of amides is 2. The standard InChI is InChI=1S/C16H26N2O6/c1-6-7-11(17-15(22)24-16(2,3)4)13(20)18-9-10(19)8-12(18)14(21)23-5/h6,10-12,19H,1,7-9H2,2-5H3,(H,17,22)/t10-,11+,12+/m1/s1. The topological polar surface area (TPSA) is 105 Å². The zero-order valence-corrected chi connectivity index (χ0v) is 14.6. The summed E-state index contributed by atoms with van der Waals surface area (Å²) in [7, 11) is 1.22. The molecule has 136 valence electrons. The van der Waals surface area contributed by atoms with Gasteiger partial charge in [0.1, 0.15) is 17.7 Å². The van der Waals surface area contributed by atoms with Gasteiger partial charge < -0.3 is 24.8 Å². The largest absolute Gasteiger partial charge is 0.467 e. The number of likely N-dealkylation sites (tertiary alicyclic amines) is 1. The Kier molecular flexibility index (Phi) is 6.77. The average molecular weight is 342 g/mol. The minimum atomic E-state index is -0.935. The van der Waals surface area contributed by atoms with E-state index in [1.54, 1.807) is 20.8 Å². The van der Waals surface area contributed by atoms with Crippen LogP contribution in [0, 0.1) is 0 Å². The van der Waals surface area contributed by atoms with E-state index in [0.717, 1.165) is 0 Å². The van der Waals surface area contributed by atoms with Crippen molar-refractivity contribution in [2.75, 3.05) is 13.7 Å². The van der Waals surface area contributed by atoms with E-state index in [4.69, 9.17) is 4.74 Å². The smallest absolute Gasteiger partial charge is 0.408 e. The number of nitrogens with one attached hydrogen (secondary N) is 1. The Bertz CT molecular complexity index is 499. The first-order chi connectivity index (χ1) is 11.1. The molecule has 0 aromatic carbocycles. The third-order valence-electron chi connectivity index (χ3n) is 3.43. The third kappa shape index (κ3) is 5.52. The predicted octanol–water partition coefficient (Wildman–Crippen LogP) is 0.591. The Morgan fingerprint density at radius 1 is 1.42 bits per heavy atom. The van der Waals surface area contributed by atoms with Crippen molar-refractivity contribution in [2.45, 2.75) is 57.4 Å². The van der Waals surface area contributed by atoms with E-state index in [1.165, 1.54) is 18.1 Å². The highest BCUT2D eigenvalue weighted by atomic mass is 16.6. The van der Waals surface area contributed by atoms with Crippen molar-refractivity contribution < 1.29 is 29.0 Å². The van der Waals surface area contributed by atoms with Gasteiger partial charge in [0.15, 0.2) is 0 Å². The first-order valence-electron chi connectivity index (χ1n) is 7.75. The molecule has 0 aromatic rings. The Morgan fingerprint density at radius 3 is 2.54 bits per heavy atom. The van der Waals surface area contributed by atoms with Gasteiger partial charge in [-0.05, 0) is 27.2 Å². The molecule has 0 saturated carbocycles. The van der Waals surface area contributed by atoms with E-state index in [1.807, 2.05) is 0 Å². The number of aliphatic hydroxyl groups excluding tert-OH is 1. The van der Waals surface area contributed by atoms with Crippen LogP contribution in [0.25, 0.3) is 0 Å². The van der Waals surface area contributed by atoms with Crippen molar-refractivity contribution in [2.24, 2.45) is 0 Å². The maximum atomic E-state index is 12.7. The van der Waals surface area contributed by atoms with Crippen molar-refractivity contribution in [1.82, 2.24) is 10.2 Å². The molecule has 24 heavy (non-hydrogen) atoms. The quantitative estimate of drug-likeness (QED) is 0.560. The minimum absolute atomic E-state index is 0.00222. The highest BCUT2D eigenvalue weighted by Crippen LogP contribution is 2.21. The van der Waals surface area contributed by atoms with Gasteiger partial charge in [-0.25, -0.2) is 9.59 Å². The lowest BCUT2D eigenvalue weighted by molar-refractivity contribution is -0.151. The van der Waals surface area contributed by atoms with Gasteiger partial charge in [-0.3, -0.25) is 4.79 Å². The summed E-state index contributed by atoms with van der Waals surface area (Å²) in [4.78, 5) is 37.7. The van der Waals surface area contributed by atoms with Gasteiger partial charge in [0.25, 0.3) is 0 Å². The number of β-amino-alcohol motifs (C(OH)–C–C–N with tert-alkyl or cyclic N) is 1. The number of nitrogens with zero attached hydrogens (tertiary/aromatic N) is 1. The van der Waals surface area contributed by atoms with E-state index < -0.39 is 41.8 Å². The van der Waals surface area contributed by atoms with E-state index >= 15 is 0 Å². The van der Waals surface area contributed by atoms with E-state index in [2.05, 4.69) is 16.6 Å². The van der Waals surface area contributed by atoms with Crippen LogP contribution in [-0.4, -0.2) is 65.4 Å². The number of rotatable bonds is 5. The second kappa shape index (κ2) is 8.14. The molecule has 1 saturated heterocycles. The maximum Gasteiger partial charge on any atom is 0.408 e. The lowest BCUT2D eigenvalue weighted by atomic mass is 10.1. The van der Waals surface area contributed by atoms with Gasteiger partial charge in [-0.15, -0.1) is 6.58 Å². The van der Waals surface area contributed by atoms with Crippen molar-refractivity contribution >= 4 is 18.0 Å². The normalized spacial score (nSPS) is 21.8. The van der Waals surface area contributed by atoms with Gasteiger partial charge >= 0.3 is 12.1 Å². The monoisotopic (exact) mass is 342 g/mol. The summed E-state index contributed by atoms with van der Waals surface area (Å²) in [5.74, 6) is -1.10. The number of alkyl carbamates (subject to hydrolysis) is 1. The SMILES string of the molecule is C=CC[C@H](NC(=O)OC(C)(C)C)C(=O)N1C[C@H](O)C[C@H]1C(=O)OC. The molecule has 0 aliphatic carbocycles. The lowest BCUT2D eigenvalue weighted by Gasteiger charge is -2.28. The molecule has 1 heterocycles. The van der Waals surface area contributed by atoms with Crippen LogP contribution in [0.15, 0.2) is 12.7 Å². The van der Waals surface area contributed by atoms with Crippen LogP contribution < -0.4 is 5.32 Å². The van der Waals surface area contributed by atoms with E-state index in [-0.39, 0.29) is 19.4 Å². The highest BCUT2D eigenvalue weighted by molar-refractivity contribution is 5.90. The summed E-state index contributed by atoms with van der Waals surface area (Å²) >= 11 is 0. The van der Waals surface area contributed by atoms with Crippen molar-refractivity contribution in [3.05, 3.63) is 12.7 Å². The number of ether oxygens (including phenoxy) is 2. The number of carbonyl (C=O) groups is 3. The van der Waals surface area contributed by atoms with Gasteiger partial charge in [0.05, 0.1) is 13.2 Å². The second-order valence-corrected chi connectivity index (χ2v) is 6.64. The highest BCUT2D eigenvalue weighted by Gasteiger charge is 2.42. The molecule has 1 aliphatic rings. The number of esters is 1. The Labute approximate surface area is 141 Å². The predicted molar refractivity (Wildman–Crippen MR) is 86.1 cm³/mol. The Hall–Kier alpha value is -2.09. The maximum absolute atomic E-state index is 12.7. The fraction of sp³-hybridized carbons (Fsp3) is 0.688. The van der Waals surface area contributed by atoms with Crippen molar-refractivity contribution in [3.63, 3.8) is 0 Å². The van der Waals surface area contributed by atoms with Crippen molar-refractivity contribution in [1.29, 1.82) is 0 Å². The molecule has 2 amide bonds. The van der Waals surface area contributed by atoms with Crippen LogP contribution in [0.2, 0.25) is 0 Å². The van der Waals surface area contributed by atoms with Gasteiger partial charge in [0.2, 0.25) is 5.91 Å². The molecule has 0 unspecified atom stereocenters. The van der Waals surface area contributed by atoms with Crippen LogP contribution in [0.5, 0.6) is 0 Å². The second-order valence-electron chi connectivity index (χ2n) is 6.64. The molecule has 1 aliphatic heterocycles. The fourth-order valence-electron chi connectivity index (χ4n) is 2.45. The zero-order valence-electron chi connectivity index (χ0n) is 14.6. The fourth-order valence-corrected chi connectivity index (χ4v) is 2.45. The van der Waals surface area contributed by atoms with Crippen LogP contribution in [-0.2, 0) is 19.1 Å². The number of aliphatic hydroxyl groups is 1. The molecular formula is C16H26N2O6. The number of carbonyl (C=O) groups excluding carboxylic acids is 3. The molecule has 0 spiro atoms. The van der Waals surface area contributed by atoms with Gasteiger partial charge in [-0.2, -0.15) is 0 Å². The molecular weight excluding hydrogens is 316 g/mol. The number of methoxy groups -OCH3 is 1. The van der Waals surface area contributed by atoms with E-state index in [9.17, 15) is 19.5 Å². The van der Waals surface area contributed by atoms with Crippen LogP contribution in [0.4, 0.5) is 4.79 Å². The number of hydrogen-bond acceptors (Lipinski definition) is 6. The summed E-state index contributed by atoms with van der Waals surface area (Å²) in [6.45, 7) is 8.70. The van der Waals surface area contributed by atoms with Gasteiger partial charge in [-0.1, -0.05) is 6.08 Å². The van der Waals surface area contributed by atoms with Crippen LogP contribution >= 0.6 is 0 Å². The molecule has 0 aromatic heterocycles. The number of hydrogen-bond donors (Lipinski definition) is 2. The summed E-state index contributed by atoms with van der Waals surface area (Å²) in [5, 5.41) is 12.3. The Morgan fingerprint density at radius 2 is 2.04 bits per heavy atom. The molecule has 1 fully saturated rings. The lowest BCUT2D eigenvalue weighted by Crippen LogP contribution is -2.52. The van der Waals surface area contributed by atoms with E-state index in [0.29, 0.717) is 0 Å². The molecule has 1 rings (SSSR count). The van der Waals surface area contributed by atoms with Crippen molar-refractivity contribution in [3.8, 4) is 0 Å². The van der Waals surface area contributed by atoms with Gasteiger partial charge in [0, 0.05) is 13.0 Å².